The van der Waals surface area contributed by atoms with Crippen molar-refractivity contribution in [3.05, 3.63) is 18.7 Å². The summed E-state index contributed by atoms with van der Waals surface area (Å²) < 4.78 is 2.28. The van der Waals surface area contributed by atoms with Crippen LogP contribution in [0.3, 0.4) is 0 Å². The van der Waals surface area contributed by atoms with Crippen LogP contribution in [0.25, 0.3) is 0 Å². The zero-order valence-electron chi connectivity index (χ0n) is 6.53. The van der Waals surface area contributed by atoms with Crippen LogP contribution in [0.5, 0.6) is 0 Å². The van der Waals surface area contributed by atoms with E-state index in [0.717, 1.165) is 0 Å². The molecule has 1 aromatic rings. The maximum atomic E-state index is 3.95. The molecular weight excluding hydrogens is 144 g/mol. The Balaban J connectivity index is 2.57. The minimum atomic E-state index is 0.265. The third-order valence-corrected chi connectivity index (χ3v) is 1.83. The van der Waals surface area contributed by atoms with Gasteiger partial charge in [0.15, 0.2) is 0 Å². The van der Waals surface area contributed by atoms with Gasteiger partial charge in [-0.05, 0) is 32.7 Å². The summed E-state index contributed by atoms with van der Waals surface area (Å²) in [5, 5.41) is 0. The van der Waals surface area contributed by atoms with Crippen LogP contribution in [0.1, 0.15) is 20.8 Å². The predicted octanol–water partition coefficient (Wildman–Crippen LogP) is 2.18. The molecule has 2 nitrogen and oxygen atoms in total. The number of hydrogen-bond acceptors (Lipinski definition) is 2. The molecule has 0 bridgehead atoms. The lowest BCUT2D eigenvalue weighted by molar-refractivity contribution is 0.796. The Kier molecular flexibility index (Phi) is 2.04. The maximum Gasteiger partial charge on any atom is 0.105 e. The molecule has 0 unspecified atom stereocenters. The predicted molar refractivity (Wildman–Crippen MR) is 45.0 cm³/mol. The Labute approximate surface area is 65.8 Å². The number of hydrogen-bond donors (Lipinski definition) is 0. The monoisotopic (exact) mass is 156 g/mol. The average molecular weight is 156 g/mol. The summed E-state index contributed by atoms with van der Waals surface area (Å²) in [6.07, 6.45) is 5.56. The molecule has 0 aromatic carbocycles. The molecule has 1 rings (SSSR count). The quantitative estimate of drug-likeness (QED) is 0.620. The highest BCUT2D eigenvalue weighted by molar-refractivity contribution is 7.99. The van der Waals surface area contributed by atoms with Crippen LogP contribution in [0.2, 0.25) is 0 Å². The molecule has 0 aliphatic rings. The van der Waals surface area contributed by atoms with E-state index in [1.165, 1.54) is 0 Å². The molecule has 0 radical (unpaired) electrons. The van der Waals surface area contributed by atoms with Gasteiger partial charge in [-0.25, -0.2) is 4.98 Å². The van der Waals surface area contributed by atoms with Crippen molar-refractivity contribution < 1.29 is 0 Å². The van der Waals surface area contributed by atoms with Crippen LogP contribution >= 0.6 is 11.9 Å². The summed E-state index contributed by atoms with van der Waals surface area (Å²) in [6, 6.07) is 0. The topological polar surface area (TPSA) is 17.8 Å². The van der Waals surface area contributed by atoms with E-state index in [1.807, 2.05) is 16.5 Å². The zero-order chi connectivity index (χ0) is 7.61. The van der Waals surface area contributed by atoms with E-state index in [-0.39, 0.29) is 4.75 Å². The summed E-state index contributed by atoms with van der Waals surface area (Å²) >= 11 is 1.76. The standard InChI is InChI=1S/C7H12N2S/c1-7(2,3)10-9-5-4-8-6-9/h4-6H,1-3H3. The lowest BCUT2D eigenvalue weighted by Gasteiger charge is -2.16. The molecule has 0 N–H and O–H groups in total. The molecule has 0 saturated heterocycles. The Hall–Kier alpha value is -0.440. The second-order valence-electron chi connectivity index (χ2n) is 3.13. The summed E-state index contributed by atoms with van der Waals surface area (Å²) in [7, 11) is 0. The molecule has 0 aliphatic carbocycles. The largest absolute Gasteiger partial charge is 0.280 e. The summed E-state index contributed by atoms with van der Waals surface area (Å²) in [5.41, 5.74) is 0. The number of nitrogens with zero attached hydrogens (tertiary/aromatic N) is 2. The highest BCUT2D eigenvalue weighted by Crippen LogP contribution is 2.23. The molecule has 0 atom stereocenters. The van der Waals surface area contributed by atoms with E-state index in [2.05, 4.69) is 25.8 Å². The van der Waals surface area contributed by atoms with Gasteiger partial charge in [0.2, 0.25) is 0 Å². The van der Waals surface area contributed by atoms with Crippen molar-refractivity contribution in [3.8, 4) is 0 Å². The molecule has 3 heteroatoms. The van der Waals surface area contributed by atoms with Crippen LogP contribution in [0.4, 0.5) is 0 Å². The van der Waals surface area contributed by atoms with E-state index < -0.39 is 0 Å². The first-order valence-corrected chi connectivity index (χ1v) is 4.03. The van der Waals surface area contributed by atoms with Crippen molar-refractivity contribution in [3.63, 3.8) is 0 Å². The van der Waals surface area contributed by atoms with E-state index in [9.17, 15) is 0 Å². The van der Waals surface area contributed by atoms with Gasteiger partial charge in [0, 0.05) is 17.1 Å². The van der Waals surface area contributed by atoms with Crippen LogP contribution in [0, 0.1) is 0 Å². The molecule has 0 fully saturated rings. The van der Waals surface area contributed by atoms with Gasteiger partial charge in [0.1, 0.15) is 6.33 Å². The van der Waals surface area contributed by atoms with Gasteiger partial charge in [-0.1, -0.05) is 0 Å². The Bertz CT molecular complexity index is 186. The maximum absolute atomic E-state index is 3.95. The van der Waals surface area contributed by atoms with Gasteiger partial charge in [-0.3, -0.25) is 3.97 Å². The van der Waals surface area contributed by atoms with Gasteiger partial charge in [0.05, 0.1) is 0 Å². The fourth-order valence-electron chi connectivity index (χ4n) is 0.617. The van der Waals surface area contributed by atoms with E-state index in [0.29, 0.717) is 0 Å². The normalized spacial score (nSPS) is 11.9. The third kappa shape index (κ3) is 2.43. The van der Waals surface area contributed by atoms with Crippen LogP contribution < -0.4 is 0 Å². The molecule has 10 heavy (non-hydrogen) atoms. The Morgan fingerprint density at radius 1 is 1.40 bits per heavy atom. The summed E-state index contributed by atoms with van der Waals surface area (Å²) in [6.45, 7) is 6.53. The Morgan fingerprint density at radius 2 is 2.10 bits per heavy atom. The average Bonchev–Trinajstić information content (AvgIpc) is 2.12. The molecule has 56 valence electrons. The van der Waals surface area contributed by atoms with Crippen LogP contribution in [-0.2, 0) is 0 Å². The minimum Gasteiger partial charge on any atom is -0.280 e. The molecule has 0 saturated carbocycles. The highest BCUT2D eigenvalue weighted by atomic mass is 32.2. The fraction of sp³-hybridized carbons (Fsp3) is 0.571. The van der Waals surface area contributed by atoms with Crippen molar-refractivity contribution in [2.24, 2.45) is 0 Å². The molecular formula is C7H12N2S. The number of aromatic nitrogens is 2. The van der Waals surface area contributed by atoms with Crippen molar-refractivity contribution in [2.45, 2.75) is 25.5 Å². The van der Waals surface area contributed by atoms with Gasteiger partial charge in [0.25, 0.3) is 0 Å². The van der Waals surface area contributed by atoms with E-state index >= 15 is 0 Å². The number of rotatable bonds is 1. The fourth-order valence-corrected chi connectivity index (χ4v) is 1.47. The number of imidazole rings is 1. The highest BCUT2D eigenvalue weighted by Gasteiger charge is 2.10. The minimum absolute atomic E-state index is 0.265. The van der Waals surface area contributed by atoms with Crippen molar-refractivity contribution >= 4 is 11.9 Å². The lowest BCUT2D eigenvalue weighted by Crippen LogP contribution is -2.09. The lowest BCUT2D eigenvalue weighted by atomic mass is 10.3. The molecule has 0 spiro atoms. The second kappa shape index (κ2) is 2.66. The molecule has 0 aliphatic heterocycles. The molecule has 1 heterocycles. The first-order chi connectivity index (χ1) is 4.58. The molecule has 0 amide bonds. The van der Waals surface area contributed by atoms with Crippen molar-refractivity contribution in [2.75, 3.05) is 0 Å². The first kappa shape index (κ1) is 7.66. The van der Waals surface area contributed by atoms with Gasteiger partial charge >= 0.3 is 0 Å². The smallest absolute Gasteiger partial charge is 0.105 e. The summed E-state index contributed by atoms with van der Waals surface area (Å²) in [4.78, 5) is 3.95. The van der Waals surface area contributed by atoms with Crippen molar-refractivity contribution in [1.29, 1.82) is 0 Å². The second-order valence-corrected chi connectivity index (χ2v) is 4.96. The van der Waals surface area contributed by atoms with E-state index in [1.54, 1.807) is 18.1 Å². The van der Waals surface area contributed by atoms with E-state index in [4.69, 9.17) is 0 Å². The zero-order valence-corrected chi connectivity index (χ0v) is 7.35. The third-order valence-electron chi connectivity index (χ3n) is 0.859. The van der Waals surface area contributed by atoms with Gasteiger partial charge < -0.3 is 0 Å². The SMILES string of the molecule is CC(C)(C)Sn1ccnc1. The first-order valence-electron chi connectivity index (χ1n) is 3.25. The summed E-state index contributed by atoms with van der Waals surface area (Å²) in [5.74, 6) is 0. The van der Waals surface area contributed by atoms with Crippen LogP contribution in [0.15, 0.2) is 18.7 Å². The van der Waals surface area contributed by atoms with Crippen LogP contribution in [-0.4, -0.2) is 13.7 Å². The van der Waals surface area contributed by atoms with Gasteiger partial charge in [-0.15, -0.1) is 0 Å². The molecule has 1 aromatic heterocycles. The Morgan fingerprint density at radius 3 is 2.50 bits per heavy atom. The van der Waals surface area contributed by atoms with Crippen molar-refractivity contribution in [1.82, 2.24) is 8.96 Å². The van der Waals surface area contributed by atoms with Gasteiger partial charge in [-0.2, -0.15) is 0 Å².